The Balaban J connectivity index is 5.14. The van der Waals surface area contributed by atoms with Crippen LogP contribution >= 0.6 is 15.6 Å². The molecule has 3 N–H and O–H groups in total. The first-order valence-corrected chi connectivity index (χ1v) is 43.2. The van der Waals surface area contributed by atoms with Crippen molar-refractivity contribution in [2.45, 2.75) is 414 Å². The number of phosphoric ester groups is 2. The largest absolute Gasteiger partial charge is 0.472 e. The summed E-state index contributed by atoms with van der Waals surface area (Å²) in [4.78, 5) is 72.8. The van der Waals surface area contributed by atoms with Crippen LogP contribution in [0.25, 0.3) is 0 Å². The molecule has 576 valence electrons. The fraction of sp³-hybridized carbons (Fsp3) is 0.949. The molecule has 0 fully saturated rings. The van der Waals surface area contributed by atoms with E-state index in [0.29, 0.717) is 31.6 Å². The standard InChI is InChI=1S/C78H152O17P2/c1-9-71(8)57-49-41-35-37-45-53-61-78(83)95-74(64-88-75(80)58-50-42-32-28-24-20-16-12-10-14-18-22-26-30-38-46-54-68(2)3)67-93-97(86,87)91-63-72(79)62-90-96(84,85)92-66-73(65-89-76(81)59-51-43-36-34-40-48-56-70(6)7)94-77(82)60-52-44-33-29-25-21-17-13-11-15-19-23-27-31-39-47-55-69(4)5/h68-74,79H,9-67H2,1-8H3,(H,84,85)(H,86,87)/t71?,72?,73-,74-/m1/s1. The number of rotatable bonds is 75. The Labute approximate surface area is 594 Å². The smallest absolute Gasteiger partial charge is 0.462 e. The molecule has 4 unspecified atom stereocenters. The molecular formula is C78H152O17P2. The van der Waals surface area contributed by atoms with Gasteiger partial charge in [-0.2, -0.15) is 0 Å². The van der Waals surface area contributed by atoms with E-state index in [9.17, 15) is 43.2 Å². The molecule has 97 heavy (non-hydrogen) atoms. The minimum Gasteiger partial charge on any atom is -0.462 e. The van der Waals surface area contributed by atoms with Crippen LogP contribution in [-0.4, -0.2) is 96.7 Å². The minimum absolute atomic E-state index is 0.103. The summed E-state index contributed by atoms with van der Waals surface area (Å²) in [6.07, 6.45) is 53.1. The lowest BCUT2D eigenvalue weighted by Gasteiger charge is -2.21. The highest BCUT2D eigenvalue weighted by Gasteiger charge is 2.30. The zero-order valence-electron chi connectivity index (χ0n) is 63.7. The molecule has 0 aliphatic rings. The Bertz CT molecular complexity index is 1900. The molecule has 0 bridgehead atoms. The van der Waals surface area contributed by atoms with Crippen molar-refractivity contribution in [3.05, 3.63) is 0 Å². The van der Waals surface area contributed by atoms with Gasteiger partial charge >= 0.3 is 39.5 Å². The summed E-state index contributed by atoms with van der Waals surface area (Å²) in [5, 5.41) is 10.6. The third kappa shape index (κ3) is 70.9. The summed E-state index contributed by atoms with van der Waals surface area (Å²) in [7, 11) is -9.91. The topological polar surface area (TPSA) is 237 Å². The van der Waals surface area contributed by atoms with Crippen molar-refractivity contribution in [2.75, 3.05) is 39.6 Å². The van der Waals surface area contributed by atoms with Crippen molar-refractivity contribution in [1.82, 2.24) is 0 Å². The molecule has 0 aromatic rings. The fourth-order valence-corrected chi connectivity index (χ4v) is 13.5. The lowest BCUT2D eigenvalue weighted by atomic mass is 10.00. The predicted molar refractivity (Wildman–Crippen MR) is 395 cm³/mol. The van der Waals surface area contributed by atoms with E-state index in [1.807, 2.05) is 0 Å². The lowest BCUT2D eigenvalue weighted by molar-refractivity contribution is -0.161. The van der Waals surface area contributed by atoms with Crippen LogP contribution in [0.15, 0.2) is 0 Å². The van der Waals surface area contributed by atoms with Gasteiger partial charge in [-0.3, -0.25) is 37.3 Å². The van der Waals surface area contributed by atoms with E-state index >= 15 is 0 Å². The molecule has 0 amide bonds. The number of carbonyl (C=O) groups is 4. The normalized spacial score (nSPS) is 14.4. The van der Waals surface area contributed by atoms with Crippen molar-refractivity contribution in [1.29, 1.82) is 0 Å². The second-order valence-electron chi connectivity index (χ2n) is 29.8. The van der Waals surface area contributed by atoms with Gasteiger partial charge in [-0.1, -0.05) is 344 Å². The number of hydrogen-bond acceptors (Lipinski definition) is 15. The lowest BCUT2D eigenvalue weighted by Crippen LogP contribution is -2.30. The van der Waals surface area contributed by atoms with Crippen LogP contribution < -0.4 is 0 Å². The van der Waals surface area contributed by atoms with E-state index in [1.54, 1.807) is 0 Å². The first-order chi connectivity index (χ1) is 46.6. The Kier molecular flexibility index (Phi) is 65.9. The number of aliphatic hydroxyl groups excluding tert-OH is 1. The minimum atomic E-state index is -4.96. The Morgan fingerprint density at radius 2 is 0.495 bits per heavy atom. The molecule has 0 rings (SSSR count). The van der Waals surface area contributed by atoms with Crippen LogP contribution in [0.2, 0.25) is 0 Å². The number of aliphatic hydroxyl groups is 1. The van der Waals surface area contributed by atoms with Crippen LogP contribution in [0, 0.1) is 23.7 Å². The SMILES string of the molecule is CCC(C)CCCCCCCCC(=O)O[C@H](COC(=O)CCCCCCCCCCCCCCCCCCC(C)C)COP(=O)(O)OCC(O)COP(=O)(O)OC[C@@H](COC(=O)CCCCCCCCC(C)C)OC(=O)CCCCCCCCCCCCCCCCCCC(C)C. The van der Waals surface area contributed by atoms with Crippen molar-refractivity contribution < 1.29 is 80.2 Å². The molecule has 0 radical (unpaired) electrons. The summed E-state index contributed by atoms with van der Waals surface area (Å²) in [5.74, 6) is 0.898. The van der Waals surface area contributed by atoms with Gasteiger partial charge in [0.1, 0.15) is 19.3 Å². The van der Waals surface area contributed by atoms with Crippen LogP contribution in [0.1, 0.15) is 396 Å². The molecule has 0 aromatic carbocycles. The van der Waals surface area contributed by atoms with Crippen molar-refractivity contribution in [3.8, 4) is 0 Å². The highest BCUT2D eigenvalue weighted by atomic mass is 31.2. The molecule has 0 aliphatic heterocycles. The van der Waals surface area contributed by atoms with E-state index in [2.05, 4.69) is 55.4 Å². The number of ether oxygens (including phenoxy) is 4. The highest BCUT2D eigenvalue weighted by Crippen LogP contribution is 2.45. The number of hydrogen-bond donors (Lipinski definition) is 3. The molecule has 0 spiro atoms. The molecule has 19 heteroatoms. The van der Waals surface area contributed by atoms with E-state index in [4.69, 9.17) is 37.0 Å². The van der Waals surface area contributed by atoms with Crippen LogP contribution in [0.5, 0.6) is 0 Å². The molecular weight excluding hydrogens is 1270 g/mol. The number of esters is 4. The zero-order valence-corrected chi connectivity index (χ0v) is 65.5. The van der Waals surface area contributed by atoms with Crippen molar-refractivity contribution in [2.24, 2.45) is 23.7 Å². The van der Waals surface area contributed by atoms with Gasteiger partial charge in [-0.25, -0.2) is 9.13 Å². The maximum Gasteiger partial charge on any atom is 0.472 e. The summed E-state index contributed by atoms with van der Waals surface area (Å²) < 4.78 is 68.5. The van der Waals surface area contributed by atoms with Gasteiger partial charge in [-0.15, -0.1) is 0 Å². The Hall–Kier alpha value is -1.94. The van der Waals surface area contributed by atoms with Gasteiger partial charge in [-0.05, 0) is 49.4 Å². The molecule has 0 saturated carbocycles. The zero-order chi connectivity index (χ0) is 71.7. The number of unbranched alkanes of at least 4 members (excludes halogenated alkanes) is 40. The second-order valence-corrected chi connectivity index (χ2v) is 32.7. The highest BCUT2D eigenvalue weighted by molar-refractivity contribution is 7.47. The summed E-state index contributed by atoms with van der Waals surface area (Å²) in [6.45, 7) is 14.1. The van der Waals surface area contributed by atoms with Gasteiger partial charge in [0.15, 0.2) is 12.2 Å². The predicted octanol–water partition coefficient (Wildman–Crippen LogP) is 22.8. The summed E-state index contributed by atoms with van der Waals surface area (Å²) in [5.41, 5.74) is 0. The molecule has 6 atom stereocenters. The summed E-state index contributed by atoms with van der Waals surface area (Å²) >= 11 is 0. The number of carbonyl (C=O) groups excluding carboxylic acids is 4. The van der Waals surface area contributed by atoms with E-state index in [0.717, 1.165) is 114 Å². The van der Waals surface area contributed by atoms with Crippen LogP contribution in [0.3, 0.4) is 0 Å². The average molecular weight is 1420 g/mol. The molecule has 0 aliphatic carbocycles. The van der Waals surface area contributed by atoms with Gasteiger partial charge in [0, 0.05) is 25.7 Å². The van der Waals surface area contributed by atoms with E-state index in [-0.39, 0.29) is 25.7 Å². The van der Waals surface area contributed by atoms with E-state index < -0.39 is 97.5 Å². The third-order valence-corrected chi connectivity index (χ3v) is 20.3. The molecule has 0 aromatic heterocycles. The van der Waals surface area contributed by atoms with Crippen LogP contribution in [0.4, 0.5) is 0 Å². The molecule has 0 saturated heterocycles. The average Bonchev–Trinajstić information content (AvgIpc) is 1.39. The van der Waals surface area contributed by atoms with Gasteiger partial charge in [0.25, 0.3) is 0 Å². The van der Waals surface area contributed by atoms with Gasteiger partial charge in [0.05, 0.1) is 26.4 Å². The maximum absolute atomic E-state index is 13.1. The quantitative estimate of drug-likeness (QED) is 0.0222. The van der Waals surface area contributed by atoms with Crippen LogP contribution in [-0.2, 0) is 65.4 Å². The maximum atomic E-state index is 13.1. The first kappa shape index (κ1) is 95.1. The van der Waals surface area contributed by atoms with Gasteiger partial charge in [0.2, 0.25) is 0 Å². The van der Waals surface area contributed by atoms with Crippen molar-refractivity contribution >= 4 is 39.5 Å². The fourth-order valence-electron chi connectivity index (χ4n) is 11.9. The first-order valence-electron chi connectivity index (χ1n) is 40.2. The molecule has 0 heterocycles. The van der Waals surface area contributed by atoms with Gasteiger partial charge < -0.3 is 33.8 Å². The number of phosphoric acid groups is 2. The second kappa shape index (κ2) is 67.2. The van der Waals surface area contributed by atoms with E-state index in [1.165, 1.54) is 193 Å². The third-order valence-electron chi connectivity index (χ3n) is 18.4. The Morgan fingerprint density at radius 1 is 0.289 bits per heavy atom. The molecule has 17 nitrogen and oxygen atoms in total. The monoisotopic (exact) mass is 1420 g/mol. The Morgan fingerprint density at radius 3 is 0.732 bits per heavy atom. The van der Waals surface area contributed by atoms with Crippen molar-refractivity contribution in [3.63, 3.8) is 0 Å². The summed E-state index contributed by atoms with van der Waals surface area (Å²) in [6, 6.07) is 0.